The minimum Gasteiger partial charge on any atom is -0.339 e. The van der Waals surface area contributed by atoms with Gasteiger partial charge in [-0.15, -0.1) is 0 Å². The molecule has 2 fully saturated rings. The summed E-state index contributed by atoms with van der Waals surface area (Å²) in [5, 5.41) is 2.78. The highest BCUT2D eigenvalue weighted by atomic mass is 16.2. The molecule has 1 saturated carbocycles. The number of hydrogen-bond donors (Lipinski definition) is 2. The molecule has 1 aliphatic carbocycles. The number of nitrogens with one attached hydrogen (secondary N) is 1. The Labute approximate surface area is 114 Å². The van der Waals surface area contributed by atoms with Crippen LogP contribution in [-0.2, 0) is 4.79 Å². The lowest BCUT2D eigenvalue weighted by Crippen LogP contribution is -2.53. The molecule has 1 unspecified atom stereocenters. The van der Waals surface area contributed by atoms with Crippen molar-refractivity contribution in [2.45, 2.75) is 32.2 Å². The minimum absolute atomic E-state index is 0.0221. The third kappa shape index (κ3) is 3.83. The van der Waals surface area contributed by atoms with Crippen molar-refractivity contribution >= 4 is 11.9 Å². The van der Waals surface area contributed by atoms with Crippen molar-refractivity contribution in [2.75, 3.05) is 32.7 Å². The summed E-state index contributed by atoms with van der Waals surface area (Å²) in [4.78, 5) is 27.3. The Morgan fingerprint density at radius 1 is 1.21 bits per heavy atom. The molecule has 1 heterocycles. The lowest BCUT2D eigenvalue weighted by Gasteiger charge is -2.35. The third-order valence-electron chi connectivity index (χ3n) is 3.89. The summed E-state index contributed by atoms with van der Waals surface area (Å²) in [5.74, 6) is 0.690. The van der Waals surface area contributed by atoms with Gasteiger partial charge in [0.05, 0.1) is 0 Å². The highest BCUT2D eigenvalue weighted by Crippen LogP contribution is 2.33. The summed E-state index contributed by atoms with van der Waals surface area (Å²) in [5.41, 5.74) is 5.98. The molecule has 0 aromatic rings. The van der Waals surface area contributed by atoms with E-state index in [2.05, 4.69) is 5.32 Å². The number of carbonyl (C=O) groups excluding carboxylic acids is 2. The van der Waals surface area contributed by atoms with Gasteiger partial charge in [0.1, 0.15) is 0 Å². The maximum absolute atomic E-state index is 12.1. The van der Waals surface area contributed by atoms with Gasteiger partial charge in [-0.3, -0.25) is 4.79 Å². The zero-order valence-corrected chi connectivity index (χ0v) is 11.6. The smallest absolute Gasteiger partial charge is 0.317 e. The van der Waals surface area contributed by atoms with E-state index < -0.39 is 0 Å². The van der Waals surface area contributed by atoms with Crippen LogP contribution in [0.5, 0.6) is 0 Å². The quantitative estimate of drug-likeness (QED) is 0.752. The van der Waals surface area contributed by atoms with Crippen LogP contribution in [0.1, 0.15) is 26.2 Å². The Hall–Kier alpha value is -1.30. The van der Waals surface area contributed by atoms with Crippen molar-refractivity contribution in [3.05, 3.63) is 0 Å². The molecule has 1 atom stereocenters. The molecule has 108 valence electrons. The number of piperazine rings is 1. The number of carbonyl (C=O) groups is 2. The highest BCUT2D eigenvalue weighted by molar-refractivity contribution is 5.78. The van der Waals surface area contributed by atoms with E-state index in [0.717, 1.165) is 0 Å². The first-order valence-corrected chi connectivity index (χ1v) is 7.18. The molecule has 0 aromatic heterocycles. The van der Waals surface area contributed by atoms with Crippen LogP contribution in [0.2, 0.25) is 0 Å². The van der Waals surface area contributed by atoms with E-state index in [9.17, 15) is 9.59 Å². The fourth-order valence-corrected chi connectivity index (χ4v) is 2.44. The zero-order chi connectivity index (χ0) is 13.8. The lowest BCUT2D eigenvalue weighted by atomic mass is 10.1. The van der Waals surface area contributed by atoms with Crippen LogP contribution < -0.4 is 11.1 Å². The fourth-order valence-electron chi connectivity index (χ4n) is 2.44. The van der Waals surface area contributed by atoms with Gasteiger partial charge in [0.25, 0.3) is 0 Å². The molecule has 0 spiro atoms. The lowest BCUT2D eigenvalue weighted by molar-refractivity contribution is -0.133. The van der Waals surface area contributed by atoms with Gasteiger partial charge >= 0.3 is 6.03 Å². The monoisotopic (exact) mass is 268 g/mol. The second-order valence-electron chi connectivity index (χ2n) is 5.41. The van der Waals surface area contributed by atoms with Crippen molar-refractivity contribution in [3.63, 3.8) is 0 Å². The summed E-state index contributed by atoms with van der Waals surface area (Å²) in [7, 11) is 0. The second-order valence-corrected chi connectivity index (χ2v) is 5.41. The summed E-state index contributed by atoms with van der Waals surface area (Å²) < 4.78 is 0. The Bertz CT molecular complexity index is 336. The first-order valence-electron chi connectivity index (χ1n) is 7.18. The van der Waals surface area contributed by atoms with Crippen LogP contribution in [0.4, 0.5) is 4.79 Å². The molecule has 3 amide bonds. The topological polar surface area (TPSA) is 78.7 Å². The number of nitrogens with two attached hydrogens (primary N) is 1. The van der Waals surface area contributed by atoms with Crippen molar-refractivity contribution in [2.24, 2.45) is 11.7 Å². The van der Waals surface area contributed by atoms with Gasteiger partial charge in [-0.25, -0.2) is 4.79 Å². The van der Waals surface area contributed by atoms with Crippen LogP contribution in [0.25, 0.3) is 0 Å². The minimum atomic E-state index is -0.0377. The van der Waals surface area contributed by atoms with Gasteiger partial charge < -0.3 is 20.9 Å². The molecule has 2 rings (SSSR count). The third-order valence-corrected chi connectivity index (χ3v) is 3.89. The van der Waals surface area contributed by atoms with Crippen molar-refractivity contribution in [3.8, 4) is 0 Å². The van der Waals surface area contributed by atoms with Gasteiger partial charge in [-0.2, -0.15) is 0 Å². The number of nitrogens with zero attached hydrogens (tertiary/aromatic N) is 2. The van der Waals surface area contributed by atoms with Gasteiger partial charge in [-0.1, -0.05) is 0 Å². The number of urea groups is 1. The van der Waals surface area contributed by atoms with Crippen molar-refractivity contribution in [1.82, 2.24) is 15.1 Å². The maximum Gasteiger partial charge on any atom is 0.317 e. The first kappa shape index (κ1) is 14.1. The summed E-state index contributed by atoms with van der Waals surface area (Å²) in [6.45, 7) is 4.98. The Kier molecular flexibility index (Phi) is 4.63. The molecule has 1 saturated heterocycles. The summed E-state index contributed by atoms with van der Waals surface area (Å²) >= 11 is 0. The van der Waals surface area contributed by atoms with Gasteiger partial charge in [0.2, 0.25) is 5.91 Å². The van der Waals surface area contributed by atoms with Crippen molar-refractivity contribution < 1.29 is 9.59 Å². The molecule has 0 radical (unpaired) electrons. The largest absolute Gasteiger partial charge is 0.339 e. The summed E-state index contributed by atoms with van der Waals surface area (Å²) in [6, 6.07) is -0.0156. The SMILES string of the molecule is CCNC(=O)N1CCN(C(=O)CC(N)C2CC2)CC1. The molecule has 6 nitrogen and oxygen atoms in total. The Morgan fingerprint density at radius 3 is 2.32 bits per heavy atom. The maximum atomic E-state index is 12.1. The predicted octanol–water partition coefficient (Wildman–Crippen LogP) is -0.0125. The van der Waals surface area contributed by atoms with E-state index in [1.54, 1.807) is 4.90 Å². The predicted molar refractivity (Wildman–Crippen MR) is 72.5 cm³/mol. The van der Waals surface area contributed by atoms with Crippen molar-refractivity contribution in [1.29, 1.82) is 0 Å². The van der Waals surface area contributed by atoms with Gasteiger partial charge in [-0.05, 0) is 25.7 Å². The van der Waals surface area contributed by atoms with Crippen LogP contribution >= 0.6 is 0 Å². The molecule has 1 aliphatic heterocycles. The standard InChI is InChI=1S/C13H24N4O2/c1-2-15-13(19)17-7-5-16(6-8-17)12(18)9-11(14)10-3-4-10/h10-11H,2-9,14H2,1H3,(H,15,19). The summed E-state index contributed by atoms with van der Waals surface area (Å²) in [6.07, 6.45) is 2.78. The second kappa shape index (κ2) is 6.23. The van der Waals surface area contributed by atoms with Crippen LogP contribution in [0.3, 0.4) is 0 Å². The van der Waals surface area contributed by atoms with Crippen LogP contribution in [-0.4, -0.2) is 60.5 Å². The number of hydrogen-bond acceptors (Lipinski definition) is 3. The fraction of sp³-hybridized carbons (Fsp3) is 0.846. The normalized spacial score (nSPS) is 21.2. The first-order chi connectivity index (χ1) is 9.11. The molecule has 6 heteroatoms. The Morgan fingerprint density at radius 2 is 1.79 bits per heavy atom. The van der Waals surface area contributed by atoms with E-state index in [4.69, 9.17) is 5.73 Å². The van der Waals surface area contributed by atoms with Crippen LogP contribution in [0, 0.1) is 5.92 Å². The number of rotatable bonds is 4. The number of amides is 3. The van der Waals surface area contributed by atoms with Crippen LogP contribution in [0.15, 0.2) is 0 Å². The van der Waals surface area contributed by atoms with E-state index in [-0.39, 0.29) is 18.0 Å². The molecule has 0 aromatic carbocycles. The Balaban J connectivity index is 1.72. The van der Waals surface area contributed by atoms with Gasteiger partial charge in [0.15, 0.2) is 0 Å². The van der Waals surface area contributed by atoms with Gasteiger partial charge in [0, 0.05) is 45.2 Å². The molecule has 3 N–H and O–H groups in total. The highest BCUT2D eigenvalue weighted by Gasteiger charge is 2.32. The molecular formula is C13H24N4O2. The molecule has 0 bridgehead atoms. The zero-order valence-electron chi connectivity index (χ0n) is 11.6. The van der Waals surface area contributed by atoms with E-state index >= 15 is 0 Å². The molecule has 19 heavy (non-hydrogen) atoms. The van der Waals surface area contributed by atoms with E-state index in [1.165, 1.54) is 12.8 Å². The van der Waals surface area contributed by atoms with E-state index in [0.29, 0.717) is 45.1 Å². The molecular weight excluding hydrogens is 244 g/mol. The average molecular weight is 268 g/mol. The molecule has 2 aliphatic rings. The average Bonchev–Trinajstić information content (AvgIpc) is 3.23. The van der Waals surface area contributed by atoms with E-state index in [1.807, 2.05) is 11.8 Å².